The summed E-state index contributed by atoms with van der Waals surface area (Å²) in [5.74, 6) is 0. The van der Waals surface area contributed by atoms with Crippen LogP contribution in [0.25, 0.3) is 20.1 Å². The first-order valence-electron chi connectivity index (χ1n) is 6.21. The molecule has 0 fully saturated rings. The molecule has 3 rings (SSSR count). The summed E-state index contributed by atoms with van der Waals surface area (Å²) in [5.41, 5.74) is 12.3. The van der Waals surface area contributed by atoms with E-state index < -0.39 is 0 Å². The highest BCUT2D eigenvalue weighted by Crippen LogP contribution is 2.39. The second kappa shape index (κ2) is 4.32. The van der Waals surface area contributed by atoms with E-state index in [0.29, 0.717) is 0 Å². The Hall–Kier alpha value is -1.39. The molecule has 1 aromatic carbocycles. The second-order valence-electron chi connectivity index (χ2n) is 4.90. The van der Waals surface area contributed by atoms with Gasteiger partial charge < -0.3 is 5.73 Å². The highest BCUT2D eigenvalue weighted by molar-refractivity contribution is 7.26. The van der Waals surface area contributed by atoms with Gasteiger partial charge in [0.1, 0.15) is 5.01 Å². The minimum atomic E-state index is 0.843. The summed E-state index contributed by atoms with van der Waals surface area (Å²) in [7, 11) is 0. The zero-order chi connectivity index (χ0) is 13.7. The van der Waals surface area contributed by atoms with Crippen molar-refractivity contribution < 1.29 is 0 Å². The summed E-state index contributed by atoms with van der Waals surface area (Å²) < 4.78 is 1.31. The van der Waals surface area contributed by atoms with E-state index in [1.807, 2.05) is 6.07 Å². The molecule has 0 saturated carbocycles. The number of hydrogen-bond acceptors (Lipinski definition) is 4. The molecular weight excluding hydrogens is 272 g/mol. The smallest absolute Gasteiger partial charge is 0.134 e. The standard InChI is InChI=1S/C15H16N2S2/c1-7-8(2)10(4)14-13(9(7)3)17-15(19-14)11-5-6-12(16)18-11/h5-6H,16H2,1-4H3. The van der Waals surface area contributed by atoms with Gasteiger partial charge in [0.05, 0.1) is 20.1 Å². The molecule has 0 saturated heterocycles. The number of thiazole rings is 1. The number of benzene rings is 1. The normalized spacial score (nSPS) is 11.4. The van der Waals surface area contributed by atoms with E-state index in [-0.39, 0.29) is 0 Å². The molecular formula is C15H16N2S2. The molecule has 0 aliphatic heterocycles. The summed E-state index contributed by atoms with van der Waals surface area (Å²) in [6.07, 6.45) is 0. The largest absolute Gasteiger partial charge is 0.391 e. The van der Waals surface area contributed by atoms with Crippen molar-refractivity contribution >= 4 is 37.9 Å². The van der Waals surface area contributed by atoms with Gasteiger partial charge >= 0.3 is 0 Å². The molecule has 0 aliphatic carbocycles. The topological polar surface area (TPSA) is 38.9 Å². The third kappa shape index (κ3) is 1.86. The highest BCUT2D eigenvalue weighted by atomic mass is 32.1. The predicted molar refractivity (Wildman–Crippen MR) is 86.3 cm³/mol. The maximum absolute atomic E-state index is 5.81. The Morgan fingerprint density at radius 3 is 2.21 bits per heavy atom. The summed E-state index contributed by atoms with van der Waals surface area (Å²) in [6, 6.07) is 4.00. The Morgan fingerprint density at radius 1 is 0.895 bits per heavy atom. The molecule has 19 heavy (non-hydrogen) atoms. The van der Waals surface area contributed by atoms with Gasteiger partial charge in [0.2, 0.25) is 0 Å². The number of thiophene rings is 1. The maximum Gasteiger partial charge on any atom is 0.134 e. The molecule has 0 bridgehead atoms. The molecule has 0 aliphatic rings. The van der Waals surface area contributed by atoms with E-state index in [2.05, 4.69) is 33.8 Å². The highest BCUT2D eigenvalue weighted by Gasteiger charge is 2.15. The van der Waals surface area contributed by atoms with Crippen molar-refractivity contribution in [2.75, 3.05) is 5.73 Å². The Kier molecular flexibility index (Phi) is 2.87. The third-order valence-corrected chi connectivity index (χ3v) is 6.11. The average Bonchev–Trinajstić information content (AvgIpc) is 3.00. The van der Waals surface area contributed by atoms with Gasteiger partial charge in [0.25, 0.3) is 0 Å². The number of aryl methyl sites for hydroxylation is 2. The lowest BCUT2D eigenvalue weighted by molar-refractivity contribution is 1.24. The lowest BCUT2D eigenvalue weighted by Gasteiger charge is -2.09. The van der Waals surface area contributed by atoms with Crippen LogP contribution in [0.3, 0.4) is 0 Å². The number of nitrogens with zero attached hydrogens (tertiary/aromatic N) is 1. The zero-order valence-corrected chi connectivity index (χ0v) is 13.1. The van der Waals surface area contributed by atoms with Gasteiger partial charge in [-0.05, 0) is 62.1 Å². The predicted octanol–water partition coefficient (Wildman–Crippen LogP) is 4.84. The van der Waals surface area contributed by atoms with Crippen LogP contribution in [-0.2, 0) is 0 Å². The van der Waals surface area contributed by atoms with Crippen LogP contribution in [0.2, 0.25) is 0 Å². The van der Waals surface area contributed by atoms with Gasteiger partial charge in [-0.2, -0.15) is 0 Å². The fourth-order valence-electron chi connectivity index (χ4n) is 2.31. The summed E-state index contributed by atoms with van der Waals surface area (Å²) in [6.45, 7) is 8.73. The van der Waals surface area contributed by atoms with Crippen LogP contribution in [0.1, 0.15) is 22.3 Å². The van der Waals surface area contributed by atoms with Crippen LogP contribution < -0.4 is 5.73 Å². The molecule has 3 aromatic rings. The van der Waals surface area contributed by atoms with Gasteiger partial charge in [-0.3, -0.25) is 0 Å². The first-order valence-corrected chi connectivity index (χ1v) is 7.85. The molecule has 0 radical (unpaired) electrons. The van der Waals surface area contributed by atoms with Crippen molar-refractivity contribution in [1.29, 1.82) is 0 Å². The van der Waals surface area contributed by atoms with Gasteiger partial charge in [0.15, 0.2) is 0 Å². The van der Waals surface area contributed by atoms with Gasteiger partial charge in [-0.1, -0.05) is 0 Å². The van der Waals surface area contributed by atoms with Crippen molar-refractivity contribution in [2.45, 2.75) is 27.7 Å². The fourth-order valence-corrected chi connectivity index (χ4v) is 4.32. The fraction of sp³-hybridized carbons (Fsp3) is 0.267. The van der Waals surface area contributed by atoms with Crippen molar-refractivity contribution in [1.82, 2.24) is 4.98 Å². The molecule has 2 heterocycles. The van der Waals surface area contributed by atoms with Crippen LogP contribution >= 0.6 is 22.7 Å². The SMILES string of the molecule is Cc1c(C)c(C)c2sc(-c3ccc(N)s3)nc2c1C. The number of anilines is 1. The van der Waals surface area contributed by atoms with Gasteiger partial charge in [-0.15, -0.1) is 22.7 Å². The van der Waals surface area contributed by atoms with E-state index in [4.69, 9.17) is 10.7 Å². The Labute approximate surface area is 120 Å². The monoisotopic (exact) mass is 288 g/mol. The number of hydrogen-bond donors (Lipinski definition) is 1. The average molecular weight is 288 g/mol. The molecule has 0 unspecified atom stereocenters. The van der Waals surface area contributed by atoms with Crippen molar-refractivity contribution in [2.24, 2.45) is 0 Å². The number of nitrogens with two attached hydrogens (primary N) is 1. The molecule has 0 atom stereocenters. The third-order valence-electron chi connectivity index (χ3n) is 3.85. The van der Waals surface area contributed by atoms with E-state index >= 15 is 0 Å². The summed E-state index contributed by atoms with van der Waals surface area (Å²) >= 11 is 3.37. The zero-order valence-electron chi connectivity index (χ0n) is 11.5. The number of aromatic nitrogens is 1. The summed E-state index contributed by atoms with van der Waals surface area (Å²) in [4.78, 5) is 5.99. The molecule has 0 spiro atoms. The van der Waals surface area contributed by atoms with Crippen molar-refractivity contribution in [3.63, 3.8) is 0 Å². The number of fused-ring (bicyclic) bond motifs is 1. The molecule has 98 valence electrons. The van der Waals surface area contributed by atoms with Gasteiger partial charge in [-0.25, -0.2) is 4.98 Å². The quantitative estimate of drug-likeness (QED) is 0.696. The van der Waals surface area contributed by atoms with Crippen LogP contribution in [-0.4, -0.2) is 4.98 Å². The lowest BCUT2D eigenvalue weighted by atomic mass is 9.99. The molecule has 2 nitrogen and oxygen atoms in total. The van der Waals surface area contributed by atoms with E-state index in [0.717, 1.165) is 20.4 Å². The van der Waals surface area contributed by atoms with Crippen molar-refractivity contribution in [3.8, 4) is 9.88 Å². The van der Waals surface area contributed by atoms with Crippen LogP contribution in [0, 0.1) is 27.7 Å². The first kappa shape index (κ1) is 12.6. The Morgan fingerprint density at radius 2 is 1.58 bits per heavy atom. The summed E-state index contributed by atoms with van der Waals surface area (Å²) in [5, 5.41) is 1.92. The van der Waals surface area contributed by atoms with E-state index in [1.165, 1.54) is 27.0 Å². The number of nitrogen functional groups attached to an aromatic ring is 1. The molecule has 0 amide bonds. The molecule has 2 N–H and O–H groups in total. The Bertz CT molecular complexity index is 736. The molecule has 2 aromatic heterocycles. The minimum absolute atomic E-state index is 0.843. The van der Waals surface area contributed by atoms with Gasteiger partial charge in [0, 0.05) is 0 Å². The lowest BCUT2D eigenvalue weighted by Crippen LogP contribution is -1.92. The maximum atomic E-state index is 5.81. The Balaban J connectivity index is 2.32. The van der Waals surface area contributed by atoms with Crippen LogP contribution in [0.15, 0.2) is 12.1 Å². The molecule has 4 heteroatoms. The van der Waals surface area contributed by atoms with Crippen molar-refractivity contribution in [3.05, 3.63) is 34.4 Å². The van der Waals surface area contributed by atoms with E-state index in [1.54, 1.807) is 22.7 Å². The van der Waals surface area contributed by atoms with E-state index in [9.17, 15) is 0 Å². The first-order chi connectivity index (χ1) is 8.99. The number of rotatable bonds is 1. The van der Waals surface area contributed by atoms with Crippen LogP contribution in [0.5, 0.6) is 0 Å². The second-order valence-corrected chi connectivity index (χ2v) is 7.01. The minimum Gasteiger partial charge on any atom is -0.391 e. The van der Waals surface area contributed by atoms with Crippen LogP contribution in [0.4, 0.5) is 5.00 Å².